The van der Waals surface area contributed by atoms with E-state index in [1.807, 2.05) is 12.1 Å². The van der Waals surface area contributed by atoms with Gasteiger partial charge in [-0.1, -0.05) is 49.9 Å². The zero-order chi connectivity index (χ0) is 16.7. The zero-order valence-electron chi connectivity index (χ0n) is 14.7. The molecule has 1 aromatic carbocycles. The number of nitrogens with zero attached hydrogens (tertiary/aromatic N) is 1. The molecule has 0 radical (unpaired) electrons. The van der Waals surface area contributed by atoms with Crippen LogP contribution in [0.3, 0.4) is 0 Å². The Morgan fingerprint density at radius 1 is 1.13 bits per heavy atom. The van der Waals surface area contributed by atoms with Gasteiger partial charge in [0.25, 0.3) is 0 Å². The van der Waals surface area contributed by atoms with Crippen LogP contribution in [-0.4, -0.2) is 6.21 Å². The predicted molar refractivity (Wildman–Crippen MR) is 103 cm³/mol. The topological polar surface area (TPSA) is 12.4 Å². The van der Waals surface area contributed by atoms with Crippen LogP contribution < -0.4 is 0 Å². The number of unbranched alkanes of at least 4 members (excludes halogenated alkanes) is 3. The molecule has 124 valence electrons. The van der Waals surface area contributed by atoms with Gasteiger partial charge in [-0.15, -0.1) is 0 Å². The molecule has 2 rings (SSSR count). The Labute approximate surface area is 146 Å². The van der Waals surface area contributed by atoms with Crippen molar-refractivity contribution in [1.82, 2.24) is 0 Å². The van der Waals surface area contributed by atoms with Gasteiger partial charge >= 0.3 is 0 Å². The molecule has 0 saturated heterocycles. The van der Waals surface area contributed by atoms with E-state index in [0.29, 0.717) is 0 Å². The second kappa shape index (κ2) is 9.08. The minimum atomic E-state index is 0.788. The number of hydrogen-bond acceptors (Lipinski definition) is 1. The largest absolute Gasteiger partial charge is 0.256 e. The van der Waals surface area contributed by atoms with Crippen LogP contribution >= 0.6 is 11.6 Å². The molecule has 1 aliphatic rings. The first kappa shape index (κ1) is 18.0. The number of halogens is 1. The van der Waals surface area contributed by atoms with Gasteiger partial charge < -0.3 is 0 Å². The van der Waals surface area contributed by atoms with Gasteiger partial charge in [-0.3, -0.25) is 4.99 Å². The van der Waals surface area contributed by atoms with Crippen molar-refractivity contribution in [2.45, 2.75) is 65.7 Å². The van der Waals surface area contributed by atoms with Gasteiger partial charge in [0.05, 0.1) is 5.70 Å². The van der Waals surface area contributed by atoms with Crippen LogP contribution in [0.5, 0.6) is 0 Å². The molecule has 0 bridgehead atoms. The number of rotatable bonds is 6. The summed E-state index contributed by atoms with van der Waals surface area (Å²) in [7, 11) is 0. The maximum absolute atomic E-state index is 6.09. The molecule has 1 aliphatic heterocycles. The fourth-order valence-electron chi connectivity index (χ4n) is 3.02. The van der Waals surface area contributed by atoms with Gasteiger partial charge in [0.15, 0.2) is 0 Å². The third kappa shape index (κ3) is 5.35. The van der Waals surface area contributed by atoms with Crippen LogP contribution in [0, 0.1) is 6.92 Å². The molecular formula is C21H28ClN. The van der Waals surface area contributed by atoms with Gasteiger partial charge in [-0.2, -0.15) is 0 Å². The van der Waals surface area contributed by atoms with Crippen molar-refractivity contribution in [2.75, 3.05) is 0 Å². The lowest BCUT2D eigenvalue weighted by Gasteiger charge is -2.14. The van der Waals surface area contributed by atoms with Gasteiger partial charge in [-0.25, -0.2) is 0 Å². The van der Waals surface area contributed by atoms with Crippen LogP contribution in [0.4, 0.5) is 0 Å². The molecule has 1 heterocycles. The molecule has 0 fully saturated rings. The summed E-state index contributed by atoms with van der Waals surface area (Å²) in [5, 5.41) is 0.788. The van der Waals surface area contributed by atoms with Crippen LogP contribution in [0.15, 0.2) is 40.4 Å². The first-order valence-electron chi connectivity index (χ1n) is 8.81. The molecule has 0 atom stereocenters. The fourth-order valence-corrected chi connectivity index (χ4v) is 3.24. The standard InChI is InChI=1S/C21H28ClN/c1-4-5-6-7-10-18-11-8-9-16(2)21(23-15-18)20-13-12-19(22)14-17(20)3/h11-15H,4-10H2,1-3H3/b18-11-,21-16+,23-15-. The van der Waals surface area contributed by atoms with E-state index in [1.54, 1.807) is 0 Å². The summed E-state index contributed by atoms with van der Waals surface area (Å²) >= 11 is 6.09. The minimum absolute atomic E-state index is 0.788. The highest BCUT2D eigenvalue weighted by atomic mass is 35.5. The maximum Gasteiger partial charge on any atom is 0.0694 e. The molecule has 0 N–H and O–H groups in total. The quantitative estimate of drug-likeness (QED) is 0.492. The summed E-state index contributed by atoms with van der Waals surface area (Å²) in [4.78, 5) is 4.85. The summed E-state index contributed by atoms with van der Waals surface area (Å²) in [6.07, 6.45) is 13.0. The van der Waals surface area contributed by atoms with Crippen LogP contribution in [0.1, 0.15) is 69.9 Å². The lowest BCUT2D eigenvalue weighted by molar-refractivity contribution is 0.669. The highest BCUT2D eigenvalue weighted by Gasteiger charge is 2.10. The fraction of sp³-hybridized carbons (Fsp3) is 0.476. The Bertz CT molecular complexity index is 623. The highest BCUT2D eigenvalue weighted by molar-refractivity contribution is 6.30. The Balaban J connectivity index is 2.16. The number of allylic oxidation sites excluding steroid dienone is 3. The van der Waals surface area contributed by atoms with Crippen molar-refractivity contribution in [2.24, 2.45) is 4.99 Å². The summed E-state index contributed by atoms with van der Waals surface area (Å²) in [5.41, 5.74) is 6.26. The van der Waals surface area contributed by atoms with Gasteiger partial charge in [0.1, 0.15) is 0 Å². The minimum Gasteiger partial charge on any atom is -0.256 e. The smallest absolute Gasteiger partial charge is 0.0694 e. The van der Waals surface area contributed by atoms with Crippen LogP contribution in [0.25, 0.3) is 5.70 Å². The first-order valence-corrected chi connectivity index (χ1v) is 9.19. The Hall–Kier alpha value is -1.34. The van der Waals surface area contributed by atoms with Crippen molar-refractivity contribution in [3.05, 3.63) is 51.6 Å². The summed E-state index contributed by atoms with van der Waals surface area (Å²) in [6.45, 7) is 6.56. The second-order valence-electron chi connectivity index (χ2n) is 6.47. The van der Waals surface area contributed by atoms with E-state index in [4.69, 9.17) is 16.6 Å². The summed E-state index contributed by atoms with van der Waals surface area (Å²) in [6, 6.07) is 6.08. The Morgan fingerprint density at radius 2 is 1.96 bits per heavy atom. The van der Waals surface area contributed by atoms with Crippen molar-refractivity contribution in [3.63, 3.8) is 0 Å². The van der Waals surface area contributed by atoms with Crippen molar-refractivity contribution < 1.29 is 0 Å². The van der Waals surface area contributed by atoms with Gasteiger partial charge in [0, 0.05) is 16.8 Å². The molecule has 2 heteroatoms. The van der Waals surface area contributed by atoms with Crippen LogP contribution in [0.2, 0.25) is 5.02 Å². The van der Waals surface area contributed by atoms with E-state index in [1.165, 1.54) is 48.0 Å². The molecule has 23 heavy (non-hydrogen) atoms. The van der Waals surface area contributed by atoms with Crippen molar-refractivity contribution in [1.29, 1.82) is 0 Å². The molecule has 0 saturated carbocycles. The summed E-state index contributed by atoms with van der Waals surface area (Å²) < 4.78 is 0. The zero-order valence-corrected chi connectivity index (χ0v) is 15.4. The average Bonchev–Trinajstić information content (AvgIpc) is 2.50. The van der Waals surface area contributed by atoms with Crippen LogP contribution in [-0.2, 0) is 0 Å². The van der Waals surface area contributed by atoms with Gasteiger partial charge in [-0.05, 0) is 68.4 Å². The van der Waals surface area contributed by atoms with E-state index in [9.17, 15) is 0 Å². The third-order valence-corrected chi connectivity index (χ3v) is 4.69. The molecule has 0 aromatic heterocycles. The molecule has 0 spiro atoms. The Kier molecular flexibility index (Phi) is 7.11. The maximum atomic E-state index is 6.09. The lowest BCUT2D eigenvalue weighted by Crippen LogP contribution is -1.96. The van der Waals surface area contributed by atoms with Crippen molar-refractivity contribution >= 4 is 23.5 Å². The third-order valence-electron chi connectivity index (χ3n) is 4.45. The molecule has 1 aromatic rings. The van der Waals surface area contributed by atoms with E-state index in [-0.39, 0.29) is 0 Å². The number of aryl methyl sites for hydroxylation is 1. The van der Waals surface area contributed by atoms with E-state index < -0.39 is 0 Å². The number of benzene rings is 1. The highest BCUT2D eigenvalue weighted by Crippen LogP contribution is 2.29. The molecule has 0 aliphatic carbocycles. The van der Waals surface area contributed by atoms with E-state index in [0.717, 1.165) is 30.0 Å². The van der Waals surface area contributed by atoms with Crippen molar-refractivity contribution in [3.8, 4) is 0 Å². The lowest BCUT2D eigenvalue weighted by atomic mass is 9.97. The second-order valence-corrected chi connectivity index (χ2v) is 6.91. The van der Waals surface area contributed by atoms with Gasteiger partial charge in [0.2, 0.25) is 0 Å². The van der Waals surface area contributed by atoms with E-state index >= 15 is 0 Å². The SMILES string of the molecule is CCCCCCC1=C/CC/C(C)=C(c2ccc(Cl)cc2C)/N=C\1. The molecule has 1 nitrogen and oxygen atoms in total. The van der Waals surface area contributed by atoms with E-state index in [2.05, 4.69) is 39.1 Å². The average molecular weight is 330 g/mol. The normalized spacial score (nSPS) is 22.2. The Morgan fingerprint density at radius 3 is 2.70 bits per heavy atom. The number of aliphatic imine (C=N–C) groups is 1. The molecular weight excluding hydrogens is 302 g/mol. The summed E-state index contributed by atoms with van der Waals surface area (Å²) in [5.74, 6) is 0. The molecule has 0 unspecified atom stereocenters. The predicted octanol–water partition coefficient (Wildman–Crippen LogP) is 7.14. The monoisotopic (exact) mass is 329 g/mol. The first-order chi connectivity index (χ1) is 11.1. The molecule has 0 amide bonds. The number of hydrogen-bond donors (Lipinski definition) is 0.